The minimum atomic E-state index is -1.11. The third kappa shape index (κ3) is 7.54. The first kappa shape index (κ1) is 41.5. The molecule has 302 valence electrons. The Morgan fingerprint density at radius 3 is 2.13 bits per heavy atom. The van der Waals surface area contributed by atoms with E-state index < -0.39 is 42.6 Å². The standard InChI is InChI=1S/C44H72O9/c1-9-27(11-15-37(41(5,6)49)53-39-24-29(48)22-31(26-46)51-39)32-17-18-44(10-2)35-14-12-33-34(42(35,7)19-20-43(32,44)8)13-16-36(40(33,3)4)52-38-23-28(47)21-30(25-45)50-38/h9-10,12,27-32,34-39,45-49H,1-2,11,13-26H2,3-8H3/t27-,28+,29+,30+,31+,32?,34?,35?,36+,37-,38+,39+,42+,43-,44+/m1/s1. The molecule has 0 aromatic carbocycles. The molecule has 0 bridgehead atoms. The van der Waals surface area contributed by atoms with Crippen molar-refractivity contribution in [2.75, 3.05) is 13.2 Å². The van der Waals surface area contributed by atoms with Crippen LogP contribution >= 0.6 is 0 Å². The summed E-state index contributed by atoms with van der Waals surface area (Å²) < 4.78 is 25.0. The number of aliphatic hydroxyl groups is 5. The van der Waals surface area contributed by atoms with Gasteiger partial charge >= 0.3 is 0 Å². The topological polar surface area (TPSA) is 138 Å². The van der Waals surface area contributed by atoms with E-state index in [4.69, 9.17) is 18.9 Å². The maximum Gasteiger partial charge on any atom is 0.161 e. The summed E-state index contributed by atoms with van der Waals surface area (Å²) in [6.07, 6.45) is 14.0. The van der Waals surface area contributed by atoms with Crippen molar-refractivity contribution < 1.29 is 44.5 Å². The van der Waals surface area contributed by atoms with Crippen LogP contribution in [0.3, 0.4) is 0 Å². The molecule has 5 fully saturated rings. The zero-order chi connectivity index (χ0) is 38.6. The molecule has 9 heteroatoms. The fraction of sp³-hybridized carbons (Fsp3) is 0.864. The van der Waals surface area contributed by atoms with Crippen LogP contribution < -0.4 is 0 Å². The molecule has 0 aromatic heterocycles. The van der Waals surface area contributed by atoms with Crippen LogP contribution in [0, 0.1) is 45.3 Å². The highest BCUT2D eigenvalue weighted by Crippen LogP contribution is 2.75. The van der Waals surface area contributed by atoms with Crippen molar-refractivity contribution >= 4 is 0 Å². The fourth-order valence-corrected chi connectivity index (χ4v) is 12.8. The molecule has 4 aliphatic carbocycles. The summed E-state index contributed by atoms with van der Waals surface area (Å²) in [6.45, 7) is 22.0. The predicted molar refractivity (Wildman–Crippen MR) is 204 cm³/mol. The summed E-state index contributed by atoms with van der Waals surface area (Å²) >= 11 is 0. The van der Waals surface area contributed by atoms with Crippen molar-refractivity contribution in [3.8, 4) is 0 Å². The summed E-state index contributed by atoms with van der Waals surface area (Å²) in [7, 11) is 0. The van der Waals surface area contributed by atoms with Crippen LogP contribution in [0.2, 0.25) is 0 Å². The minimum Gasteiger partial charge on any atom is -0.394 e. The van der Waals surface area contributed by atoms with Crippen molar-refractivity contribution in [3.05, 3.63) is 37.0 Å². The Morgan fingerprint density at radius 2 is 1.53 bits per heavy atom. The number of fused-ring (bicyclic) bond motifs is 5. The van der Waals surface area contributed by atoms with Gasteiger partial charge in [0, 0.05) is 31.1 Å². The van der Waals surface area contributed by atoms with Crippen molar-refractivity contribution in [1.29, 1.82) is 0 Å². The molecule has 2 saturated heterocycles. The first-order valence-corrected chi connectivity index (χ1v) is 20.8. The molecule has 9 nitrogen and oxygen atoms in total. The van der Waals surface area contributed by atoms with E-state index in [0.717, 1.165) is 51.4 Å². The van der Waals surface area contributed by atoms with Gasteiger partial charge in [0.05, 0.1) is 55.4 Å². The van der Waals surface area contributed by atoms with Crippen LogP contribution in [0.4, 0.5) is 0 Å². The number of aliphatic hydroxyl groups excluding tert-OH is 4. The lowest BCUT2D eigenvalue weighted by atomic mass is 9.38. The largest absolute Gasteiger partial charge is 0.394 e. The van der Waals surface area contributed by atoms with Crippen LogP contribution in [0.15, 0.2) is 37.0 Å². The number of allylic oxidation sites excluding steroid dienone is 3. The molecule has 0 amide bonds. The summed E-state index contributed by atoms with van der Waals surface area (Å²) in [6, 6.07) is 0. The van der Waals surface area contributed by atoms with Gasteiger partial charge in [0.25, 0.3) is 0 Å². The van der Waals surface area contributed by atoms with E-state index in [9.17, 15) is 25.5 Å². The Kier molecular flexibility index (Phi) is 12.3. The third-order valence-electron chi connectivity index (χ3n) is 15.8. The molecule has 2 aliphatic heterocycles. The molecule has 2 heterocycles. The van der Waals surface area contributed by atoms with Crippen molar-refractivity contribution in [2.45, 2.75) is 180 Å². The SMILES string of the molecule is C=C[C@H](CC[C@@H](O[C@H]1C[C@@H](O)C[C@@H](CO)O1)C(C)(C)O)C1CC[C@@]2(C=C)C3CC=C4C(CC[C@H](O[C@H]5C[C@@H](O)C[C@@H](CO)O5)C4(C)C)[C@]3(C)CC[C@]12C. The first-order chi connectivity index (χ1) is 24.9. The Balaban J connectivity index is 1.18. The van der Waals surface area contributed by atoms with Gasteiger partial charge in [0.2, 0.25) is 0 Å². The second-order valence-corrected chi connectivity index (χ2v) is 19.5. The molecule has 0 aromatic rings. The smallest absolute Gasteiger partial charge is 0.161 e. The Labute approximate surface area is 319 Å². The highest BCUT2D eigenvalue weighted by Gasteiger charge is 2.68. The molecule has 6 aliphatic rings. The van der Waals surface area contributed by atoms with E-state index in [2.05, 4.69) is 59.1 Å². The monoisotopic (exact) mass is 745 g/mol. The van der Waals surface area contributed by atoms with Crippen LogP contribution in [-0.4, -0.2) is 93.6 Å². The number of hydrogen-bond acceptors (Lipinski definition) is 9. The molecule has 15 atom stereocenters. The number of rotatable bonds is 13. The Morgan fingerprint density at radius 1 is 0.887 bits per heavy atom. The average Bonchev–Trinajstić information content (AvgIpc) is 3.41. The van der Waals surface area contributed by atoms with Gasteiger partial charge < -0.3 is 44.5 Å². The summed E-state index contributed by atoms with van der Waals surface area (Å²) in [4.78, 5) is 0. The lowest BCUT2D eigenvalue weighted by molar-refractivity contribution is -0.261. The second-order valence-electron chi connectivity index (χ2n) is 19.5. The first-order valence-electron chi connectivity index (χ1n) is 20.8. The van der Waals surface area contributed by atoms with E-state index in [0.29, 0.717) is 49.9 Å². The van der Waals surface area contributed by atoms with Gasteiger partial charge in [-0.3, -0.25) is 0 Å². The van der Waals surface area contributed by atoms with Crippen molar-refractivity contribution in [2.24, 2.45) is 45.3 Å². The molecular weight excluding hydrogens is 672 g/mol. The Hall–Kier alpha value is -1.14. The zero-order valence-corrected chi connectivity index (χ0v) is 33.6. The highest BCUT2D eigenvalue weighted by molar-refractivity contribution is 5.32. The molecule has 53 heavy (non-hydrogen) atoms. The third-order valence-corrected chi connectivity index (χ3v) is 15.8. The van der Waals surface area contributed by atoms with E-state index in [1.807, 2.05) is 0 Å². The molecule has 0 radical (unpaired) electrons. The average molecular weight is 745 g/mol. The van der Waals surface area contributed by atoms with Gasteiger partial charge in [-0.2, -0.15) is 0 Å². The number of ether oxygens (including phenoxy) is 4. The quantitative estimate of drug-likeness (QED) is 0.132. The molecule has 6 rings (SSSR count). The maximum absolute atomic E-state index is 11.2. The van der Waals surface area contributed by atoms with Gasteiger partial charge in [-0.1, -0.05) is 51.5 Å². The van der Waals surface area contributed by atoms with E-state index in [1.54, 1.807) is 13.8 Å². The van der Waals surface area contributed by atoms with Gasteiger partial charge in [-0.15, -0.1) is 13.2 Å². The Bertz CT molecular complexity index is 1320. The molecule has 3 unspecified atom stereocenters. The summed E-state index contributed by atoms with van der Waals surface area (Å²) in [5.74, 6) is 1.61. The van der Waals surface area contributed by atoms with Gasteiger partial charge in [-0.25, -0.2) is 0 Å². The highest BCUT2D eigenvalue weighted by atomic mass is 16.7. The van der Waals surface area contributed by atoms with Crippen LogP contribution in [0.5, 0.6) is 0 Å². The van der Waals surface area contributed by atoms with Crippen LogP contribution in [0.25, 0.3) is 0 Å². The number of hydrogen-bond donors (Lipinski definition) is 5. The molecule has 3 saturated carbocycles. The zero-order valence-electron chi connectivity index (χ0n) is 33.6. The van der Waals surface area contributed by atoms with Crippen molar-refractivity contribution in [1.82, 2.24) is 0 Å². The van der Waals surface area contributed by atoms with Crippen LogP contribution in [0.1, 0.15) is 125 Å². The van der Waals surface area contributed by atoms with E-state index >= 15 is 0 Å². The molecule has 5 N–H and O–H groups in total. The molecule has 0 spiro atoms. The summed E-state index contributed by atoms with van der Waals surface area (Å²) in [5, 5.41) is 51.4. The van der Waals surface area contributed by atoms with Crippen LogP contribution in [-0.2, 0) is 18.9 Å². The fourth-order valence-electron chi connectivity index (χ4n) is 12.8. The lowest BCUT2D eigenvalue weighted by Crippen LogP contribution is -2.59. The van der Waals surface area contributed by atoms with Gasteiger partial charge in [0.1, 0.15) is 0 Å². The van der Waals surface area contributed by atoms with Crippen molar-refractivity contribution in [3.63, 3.8) is 0 Å². The predicted octanol–water partition coefficient (Wildman–Crippen LogP) is 6.60. The van der Waals surface area contributed by atoms with E-state index in [1.165, 1.54) is 5.57 Å². The van der Waals surface area contributed by atoms with Gasteiger partial charge in [-0.05, 0) is 112 Å². The van der Waals surface area contributed by atoms with E-state index in [-0.39, 0.29) is 53.0 Å². The summed E-state index contributed by atoms with van der Waals surface area (Å²) in [5.41, 5.74) is 0.409. The second kappa shape index (κ2) is 15.7. The maximum atomic E-state index is 11.2. The minimum absolute atomic E-state index is 0.00559. The molecular formula is C44H72O9. The van der Waals surface area contributed by atoms with Gasteiger partial charge in [0.15, 0.2) is 12.6 Å². The lowest BCUT2D eigenvalue weighted by Gasteiger charge is -2.66. The normalized spacial score (nSPS) is 45.2.